The summed E-state index contributed by atoms with van der Waals surface area (Å²) < 4.78 is 6.21. The average molecular weight is 332 g/mol. The molecule has 0 saturated heterocycles. The van der Waals surface area contributed by atoms with Crippen molar-refractivity contribution in [1.82, 2.24) is 0 Å². The van der Waals surface area contributed by atoms with Crippen LogP contribution in [-0.2, 0) is 4.79 Å². The van der Waals surface area contributed by atoms with E-state index in [1.807, 2.05) is 55.5 Å². The summed E-state index contributed by atoms with van der Waals surface area (Å²) in [5.74, 6) is -0.0217. The van der Waals surface area contributed by atoms with Crippen molar-refractivity contribution in [1.29, 1.82) is 0 Å². The summed E-state index contributed by atoms with van der Waals surface area (Å²) in [6.45, 7) is 2.34. The first-order valence-corrected chi connectivity index (χ1v) is 8.41. The summed E-state index contributed by atoms with van der Waals surface area (Å²) in [6.07, 6.45) is 0. The monoisotopic (exact) mass is 332 g/mol. The summed E-state index contributed by atoms with van der Waals surface area (Å²) in [7, 11) is 0. The Balaban J connectivity index is 1.83. The smallest absolute Gasteiger partial charge is 0.264 e. The number of nitrogens with one attached hydrogen (secondary N) is 1. The third-order valence-corrected chi connectivity index (χ3v) is 5.13. The highest BCUT2D eigenvalue weighted by Gasteiger charge is 2.48. The molecule has 4 nitrogen and oxygen atoms in total. The highest BCUT2D eigenvalue weighted by molar-refractivity contribution is 5.91. The number of para-hydroxylation sites is 2. The number of carbonyl (C=O) groups excluding carboxylic acids is 1. The van der Waals surface area contributed by atoms with Crippen molar-refractivity contribution >= 4 is 22.4 Å². The quantitative estimate of drug-likeness (QED) is 0.769. The number of hydrogen-bond donors (Lipinski definition) is 2. The minimum atomic E-state index is -1.14. The summed E-state index contributed by atoms with van der Waals surface area (Å²) in [4.78, 5) is 12.5. The van der Waals surface area contributed by atoms with Gasteiger partial charge < -0.3 is 15.8 Å². The number of benzene rings is 3. The predicted octanol–water partition coefficient (Wildman–Crippen LogP) is 3.67. The normalized spacial score (nSPS) is 20.2. The van der Waals surface area contributed by atoms with Gasteiger partial charge in [-0.1, -0.05) is 61.5 Å². The van der Waals surface area contributed by atoms with Crippen LogP contribution in [0.5, 0.6) is 5.75 Å². The molecule has 1 aliphatic heterocycles. The van der Waals surface area contributed by atoms with Crippen LogP contribution in [0.25, 0.3) is 10.8 Å². The second-order valence-electron chi connectivity index (χ2n) is 6.50. The number of carbonyl (C=O) groups is 1. The Morgan fingerprint density at radius 2 is 1.80 bits per heavy atom. The zero-order chi connectivity index (χ0) is 17.4. The van der Waals surface area contributed by atoms with Gasteiger partial charge in [0.2, 0.25) is 5.60 Å². The van der Waals surface area contributed by atoms with Crippen LogP contribution in [0.3, 0.4) is 0 Å². The number of amides is 1. The first-order chi connectivity index (χ1) is 12.1. The van der Waals surface area contributed by atoms with E-state index in [0.29, 0.717) is 12.3 Å². The molecular formula is C21H20N2O2. The van der Waals surface area contributed by atoms with Crippen molar-refractivity contribution in [2.75, 3.05) is 11.9 Å². The number of rotatable bonds is 3. The molecule has 1 amide bonds. The molecule has 0 spiro atoms. The molecule has 4 rings (SSSR count). The van der Waals surface area contributed by atoms with Gasteiger partial charge in [0.1, 0.15) is 5.75 Å². The van der Waals surface area contributed by atoms with E-state index in [0.717, 1.165) is 22.0 Å². The first-order valence-electron chi connectivity index (χ1n) is 8.41. The lowest BCUT2D eigenvalue weighted by Gasteiger charge is -2.41. The maximum absolute atomic E-state index is 12.5. The van der Waals surface area contributed by atoms with Gasteiger partial charge in [0.15, 0.2) is 0 Å². The molecule has 3 N–H and O–H groups in total. The maximum Gasteiger partial charge on any atom is 0.264 e. The fraction of sp³-hybridized carbons (Fsp3) is 0.190. The van der Waals surface area contributed by atoms with Crippen LogP contribution >= 0.6 is 0 Å². The summed E-state index contributed by atoms with van der Waals surface area (Å²) in [5, 5.41) is 5.55. The Hall–Kier alpha value is -3.01. The molecule has 1 heterocycles. The van der Waals surface area contributed by atoms with Gasteiger partial charge in [-0.15, -0.1) is 0 Å². The Morgan fingerprint density at radius 1 is 1.08 bits per heavy atom. The molecule has 0 radical (unpaired) electrons. The van der Waals surface area contributed by atoms with E-state index >= 15 is 0 Å². The van der Waals surface area contributed by atoms with Crippen LogP contribution in [0.15, 0.2) is 66.7 Å². The van der Waals surface area contributed by atoms with Gasteiger partial charge in [0.25, 0.3) is 5.91 Å². The Bertz CT molecular complexity index is 948. The van der Waals surface area contributed by atoms with E-state index in [-0.39, 0.29) is 5.92 Å². The molecule has 0 aromatic heterocycles. The lowest BCUT2D eigenvalue weighted by molar-refractivity contribution is -0.134. The van der Waals surface area contributed by atoms with Crippen LogP contribution in [-0.4, -0.2) is 18.1 Å². The van der Waals surface area contributed by atoms with Crippen molar-refractivity contribution in [2.45, 2.75) is 18.4 Å². The third kappa shape index (κ3) is 2.41. The van der Waals surface area contributed by atoms with Crippen LogP contribution in [0.2, 0.25) is 0 Å². The molecular weight excluding hydrogens is 312 g/mol. The van der Waals surface area contributed by atoms with Gasteiger partial charge in [-0.2, -0.15) is 0 Å². The van der Waals surface area contributed by atoms with Crippen LogP contribution in [0.4, 0.5) is 5.69 Å². The SMILES string of the molecule is C[C@H](c1cccc2ccccc12)C1(C(N)=O)CNc2ccccc2O1. The molecule has 25 heavy (non-hydrogen) atoms. The highest BCUT2D eigenvalue weighted by atomic mass is 16.5. The molecule has 0 fully saturated rings. The minimum Gasteiger partial charge on any atom is -0.473 e. The molecule has 1 unspecified atom stereocenters. The topological polar surface area (TPSA) is 64.4 Å². The van der Waals surface area contributed by atoms with Crippen LogP contribution in [0.1, 0.15) is 18.4 Å². The first kappa shape index (κ1) is 15.5. The number of anilines is 1. The summed E-state index contributed by atoms with van der Waals surface area (Å²) >= 11 is 0. The van der Waals surface area contributed by atoms with Crippen molar-refractivity contribution in [3.8, 4) is 5.75 Å². The van der Waals surface area contributed by atoms with Gasteiger partial charge >= 0.3 is 0 Å². The molecule has 126 valence electrons. The maximum atomic E-state index is 12.5. The second-order valence-corrected chi connectivity index (χ2v) is 6.50. The summed E-state index contributed by atoms with van der Waals surface area (Å²) in [5.41, 5.74) is 6.63. The number of hydrogen-bond acceptors (Lipinski definition) is 3. The third-order valence-electron chi connectivity index (χ3n) is 5.13. The predicted molar refractivity (Wildman–Crippen MR) is 99.8 cm³/mol. The van der Waals surface area contributed by atoms with E-state index in [1.165, 1.54) is 0 Å². The van der Waals surface area contributed by atoms with E-state index in [4.69, 9.17) is 10.5 Å². The molecule has 0 saturated carbocycles. The molecule has 2 atom stereocenters. The van der Waals surface area contributed by atoms with E-state index in [2.05, 4.69) is 23.5 Å². The fourth-order valence-corrected chi connectivity index (χ4v) is 3.63. The van der Waals surface area contributed by atoms with Crippen LogP contribution < -0.4 is 15.8 Å². The lowest BCUT2D eigenvalue weighted by Crippen LogP contribution is -2.59. The molecule has 4 heteroatoms. The van der Waals surface area contributed by atoms with Crippen molar-refractivity contribution in [3.05, 3.63) is 72.3 Å². The van der Waals surface area contributed by atoms with E-state index < -0.39 is 11.5 Å². The largest absolute Gasteiger partial charge is 0.473 e. The Labute approximate surface area is 146 Å². The van der Waals surface area contributed by atoms with Crippen molar-refractivity contribution in [2.24, 2.45) is 5.73 Å². The van der Waals surface area contributed by atoms with Gasteiger partial charge in [0.05, 0.1) is 12.2 Å². The zero-order valence-corrected chi connectivity index (χ0v) is 14.0. The lowest BCUT2D eigenvalue weighted by atomic mass is 9.79. The van der Waals surface area contributed by atoms with Gasteiger partial charge in [0, 0.05) is 5.92 Å². The fourth-order valence-electron chi connectivity index (χ4n) is 3.63. The highest BCUT2D eigenvalue weighted by Crippen LogP contribution is 2.41. The molecule has 1 aliphatic rings. The molecule has 0 aliphatic carbocycles. The Morgan fingerprint density at radius 3 is 2.64 bits per heavy atom. The zero-order valence-electron chi connectivity index (χ0n) is 14.0. The number of nitrogens with two attached hydrogens (primary N) is 1. The molecule has 3 aromatic rings. The van der Waals surface area contributed by atoms with E-state index in [1.54, 1.807) is 0 Å². The number of primary amides is 1. The van der Waals surface area contributed by atoms with Gasteiger partial charge in [-0.3, -0.25) is 4.79 Å². The molecule has 3 aromatic carbocycles. The minimum absolute atomic E-state index is 0.211. The second kappa shape index (κ2) is 5.81. The van der Waals surface area contributed by atoms with Crippen LogP contribution in [0, 0.1) is 0 Å². The molecule has 0 bridgehead atoms. The van der Waals surface area contributed by atoms with Crippen molar-refractivity contribution in [3.63, 3.8) is 0 Å². The number of ether oxygens (including phenoxy) is 1. The number of fused-ring (bicyclic) bond motifs is 2. The van der Waals surface area contributed by atoms with E-state index in [9.17, 15) is 4.79 Å². The van der Waals surface area contributed by atoms with Crippen molar-refractivity contribution < 1.29 is 9.53 Å². The van der Waals surface area contributed by atoms with Gasteiger partial charge in [-0.25, -0.2) is 0 Å². The average Bonchev–Trinajstić information content (AvgIpc) is 2.66. The Kier molecular flexibility index (Phi) is 3.61. The summed E-state index contributed by atoms with van der Waals surface area (Å²) in [6, 6.07) is 21.9. The van der Waals surface area contributed by atoms with Gasteiger partial charge in [-0.05, 0) is 28.5 Å². The standard InChI is InChI=1S/C21H20N2O2/c1-14(16-10-6-8-15-7-2-3-9-17(15)16)21(20(22)24)13-23-18-11-4-5-12-19(18)25-21/h2-12,14,23H,13H2,1H3,(H2,22,24)/t14-,21?/m1/s1.